The highest BCUT2D eigenvalue weighted by molar-refractivity contribution is 5.87. The minimum absolute atomic E-state index is 0.0231. The number of esters is 1. The largest absolute Gasteiger partial charge is 0.463 e. The average molecular weight is 279 g/mol. The number of benzene rings is 1. The van der Waals surface area contributed by atoms with Gasteiger partial charge in [0.05, 0.1) is 19.3 Å². The summed E-state index contributed by atoms with van der Waals surface area (Å²) in [5.74, 6) is -1.20. The zero-order chi connectivity index (χ0) is 14.7. The molecular weight excluding hydrogens is 265 g/mol. The predicted molar refractivity (Wildman–Crippen MR) is 68.7 cm³/mol. The Morgan fingerprint density at radius 2 is 2.15 bits per heavy atom. The van der Waals surface area contributed by atoms with Gasteiger partial charge in [-0.2, -0.15) is 0 Å². The molecule has 2 aromatic rings. The third-order valence-electron chi connectivity index (χ3n) is 2.70. The molecule has 0 saturated carbocycles. The molecule has 0 aliphatic heterocycles. The number of ether oxygens (including phenoxy) is 2. The predicted octanol–water partition coefficient (Wildman–Crippen LogP) is 2.72. The van der Waals surface area contributed by atoms with Gasteiger partial charge in [0, 0.05) is 7.11 Å². The molecule has 6 heteroatoms. The summed E-state index contributed by atoms with van der Waals surface area (Å²) in [7, 11) is 2.69. The maximum Gasteiger partial charge on any atom is 0.376 e. The lowest BCUT2D eigenvalue weighted by molar-refractivity contribution is 0.0559. The second-order valence-corrected chi connectivity index (χ2v) is 4.20. The van der Waals surface area contributed by atoms with Crippen molar-refractivity contribution in [2.45, 2.75) is 13.5 Å². The van der Waals surface area contributed by atoms with Crippen LogP contribution in [-0.2, 0) is 16.1 Å². The van der Waals surface area contributed by atoms with Gasteiger partial charge in [-0.15, -0.1) is 0 Å². The quantitative estimate of drug-likeness (QED) is 0.805. The van der Waals surface area contributed by atoms with E-state index < -0.39 is 11.8 Å². The van der Waals surface area contributed by atoms with Gasteiger partial charge >= 0.3 is 5.97 Å². The van der Waals surface area contributed by atoms with Gasteiger partial charge < -0.3 is 13.9 Å². The van der Waals surface area contributed by atoms with Gasteiger partial charge in [-0.3, -0.25) is 0 Å². The smallest absolute Gasteiger partial charge is 0.376 e. The second kappa shape index (κ2) is 5.83. The van der Waals surface area contributed by atoms with Gasteiger partial charge in [0.25, 0.3) is 0 Å². The third-order valence-corrected chi connectivity index (χ3v) is 2.70. The molecule has 106 valence electrons. The molecule has 0 bridgehead atoms. The molecule has 0 saturated heterocycles. The van der Waals surface area contributed by atoms with Crippen LogP contribution < -0.4 is 0 Å². The van der Waals surface area contributed by atoms with Crippen LogP contribution in [0.5, 0.6) is 0 Å². The van der Waals surface area contributed by atoms with Crippen molar-refractivity contribution in [3.8, 4) is 11.5 Å². The Hall–Kier alpha value is -2.21. The number of aromatic nitrogens is 1. The molecule has 0 spiro atoms. The fourth-order valence-corrected chi connectivity index (χ4v) is 1.75. The molecule has 0 unspecified atom stereocenters. The van der Waals surface area contributed by atoms with E-state index in [9.17, 15) is 9.18 Å². The number of hydrogen-bond acceptors (Lipinski definition) is 5. The number of halogens is 1. The normalized spacial score (nSPS) is 10.6. The van der Waals surface area contributed by atoms with E-state index in [2.05, 4.69) is 9.72 Å². The first kappa shape index (κ1) is 14.2. The van der Waals surface area contributed by atoms with Gasteiger partial charge in [-0.1, -0.05) is 6.07 Å². The molecule has 20 heavy (non-hydrogen) atoms. The van der Waals surface area contributed by atoms with Crippen molar-refractivity contribution in [1.29, 1.82) is 0 Å². The zero-order valence-corrected chi connectivity index (χ0v) is 11.4. The monoisotopic (exact) mass is 279 g/mol. The molecule has 0 fully saturated rings. The molecule has 0 atom stereocenters. The van der Waals surface area contributed by atoms with Crippen LogP contribution in [-0.4, -0.2) is 25.2 Å². The highest BCUT2D eigenvalue weighted by Crippen LogP contribution is 2.26. The van der Waals surface area contributed by atoms with E-state index in [1.165, 1.54) is 20.3 Å². The summed E-state index contributed by atoms with van der Waals surface area (Å²) >= 11 is 0. The molecule has 0 N–H and O–H groups in total. The van der Waals surface area contributed by atoms with Gasteiger partial charge in [0.15, 0.2) is 0 Å². The zero-order valence-electron chi connectivity index (χ0n) is 11.4. The van der Waals surface area contributed by atoms with Crippen molar-refractivity contribution < 1.29 is 23.1 Å². The molecule has 5 nitrogen and oxygen atoms in total. The number of hydrogen-bond donors (Lipinski definition) is 0. The number of nitrogens with zero attached hydrogens (tertiary/aromatic N) is 1. The van der Waals surface area contributed by atoms with Crippen LogP contribution in [0.1, 0.15) is 21.8 Å². The molecule has 1 aromatic heterocycles. The van der Waals surface area contributed by atoms with Crippen molar-refractivity contribution in [1.82, 2.24) is 4.98 Å². The summed E-state index contributed by atoms with van der Waals surface area (Å²) in [5.41, 5.74) is 1.24. The Kier molecular flexibility index (Phi) is 4.14. The molecule has 0 radical (unpaired) electrons. The van der Waals surface area contributed by atoms with Crippen molar-refractivity contribution >= 4 is 5.97 Å². The third kappa shape index (κ3) is 2.70. The summed E-state index contributed by atoms with van der Waals surface area (Å²) in [6, 6.07) is 4.65. The SMILES string of the molecule is COCc1nc(-c2ccc(C)cc2F)oc1C(=O)OC. The van der Waals surface area contributed by atoms with Crippen molar-refractivity contribution in [2.24, 2.45) is 0 Å². The number of aryl methyl sites for hydroxylation is 1. The number of carbonyl (C=O) groups excluding carboxylic acids is 1. The summed E-state index contributed by atoms with van der Waals surface area (Å²) in [4.78, 5) is 15.7. The Morgan fingerprint density at radius 3 is 2.75 bits per heavy atom. The topological polar surface area (TPSA) is 61.6 Å². The van der Waals surface area contributed by atoms with Crippen LogP contribution in [0, 0.1) is 12.7 Å². The number of oxazole rings is 1. The molecule has 1 aromatic carbocycles. The lowest BCUT2D eigenvalue weighted by atomic mass is 10.1. The molecule has 2 rings (SSSR count). The minimum atomic E-state index is -0.677. The fraction of sp³-hybridized carbons (Fsp3) is 0.286. The van der Waals surface area contributed by atoms with Crippen LogP contribution in [0.4, 0.5) is 4.39 Å². The summed E-state index contributed by atoms with van der Waals surface area (Å²) in [5, 5.41) is 0. The molecular formula is C14H14FNO4. The first-order valence-corrected chi connectivity index (χ1v) is 5.90. The Balaban J connectivity index is 2.49. The summed E-state index contributed by atoms with van der Waals surface area (Å²) < 4.78 is 28.8. The van der Waals surface area contributed by atoms with Crippen LogP contribution in [0.2, 0.25) is 0 Å². The fourth-order valence-electron chi connectivity index (χ4n) is 1.75. The lowest BCUT2D eigenvalue weighted by Crippen LogP contribution is -2.04. The number of carbonyl (C=O) groups is 1. The highest BCUT2D eigenvalue weighted by atomic mass is 19.1. The average Bonchev–Trinajstić information content (AvgIpc) is 2.82. The molecule has 0 aliphatic carbocycles. The van der Waals surface area contributed by atoms with Gasteiger partial charge in [0.1, 0.15) is 11.5 Å². The second-order valence-electron chi connectivity index (χ2n) is 4.20. The lowest BCUT2D eigenvalue weighted by Gasteiger charge is -1.99. The first-order chi connectivity index (χ1) is 9.56. The minimum Gasteiger partial charge on any atom is -0.463 e. The van der Waals surface area contributed by atoms with Crippen molar-refractivity contribution in [3.05, 3.63) is 41.0 Å². The standard InChI is InChI=1S/C14H14FNO4/c1-8-4-5-9(10(15)6-8)13-16-11(7-18-2)12(20-13)14(17)19-3/h4-6H,7H2,1-3H3. The van der Waals surface area contributed by atoms with E-state index in [0.29, 0.717) is 0 Å². The van der Waals surface area contributed by atoms with E-state index in [4.69, 9.17) is 9.15 Å². The summed E-state index contributed by atoms with van der Waals surface area (Å²) in [6.07, 6.45) is 0. The first-order valence-electron chi connectivity index (χ1n) is 5.90. The van der Waals surface area contributed by atoms with E-state index in [0.717, 1.165) is 5.56 Å². The van der Waals surface area contributed by atoms with Gasteiger partial charge in [0.2, 0.25) is 11.7 Å². The van der Waals surface area contributed by atoms with Crippen LogP contribution in [0.25, 0.3) is 11.5 Å². The Bertz CT molecular complexity index is 636. The van der Waals surface area contributed by atoms with Crippen LogP contribution >= 0.6 is 0 Å². The van der Waals surface area contributed by atoms with Crippen molar-refractivity contribution in [3.63, 3.8) is 0 Å². The molecule has 1 heterocycles. The Morgan fingerprint density at radius 1 is 1.40 bits per heavy atom. The maximum absolute atomic E-state index is 13.9. The van der Waals surface area contributed by atoms with E-state index in [1.54, 1.807) is 19.1 Å². The number of rotatable bonds is 4. The van der Waals surface area contributed by atoms with Crippen LogP contribution in [0.15, 0.2) is 22.6 Å². The highest BCUT2D eigenvalue weighted by Gasteiger charge is 2.22. The Labute approximate surface area is 115 Å². The van der Waals surface area contributed by atoms with E-state index in [-0.39, 0.29) is 29.5 Å². The van der Waals surface area contributed by atoms with Gasteiger partial charge in [-0.25, -0.2) is 14.2 Å². The maximum atomic E-state index is 13.9. The number of methoxy groups -OCH3 is 2. The van der Waals surface area contributed by atoms with Gasteiger partial charge in [-0.05, 0) is 24.6 Å². The van der Waals surface area contributed by atoms with Crippen LogP contribution in [0.3, 0.4) is 0 Å². The van der Waals surface area contributed by atoms with Crippen molar-refractivity contribution in [2.75, 3.05) is 14.2 Å². The van der Waals surface area contributed by atoms with E-state index in [1.807, 2.05) is 0 Å². The van der Waals surface area contributed by atoms with E-state index >= 15 is 0 Å². The molecule has 0 aliphatic rings. The summed E-state index contributed by atoms with van der Waals surface area (Å²) in [6.45, 7) is 1.85. The molecule has 0 amide bonds.